The third-order valence-corrected chi connectivity index (χ3v) is 7.21. The third kappa shape index (κ3) is 7.00. The maximum absolute atomic E-state index is 12.8. The lowest BCUT2D eigenvalue weighted by molar-refractivity contribution is -0.117. The van der Waals surface area contributed by atoms with Gasteiger partial charge in [-0.3, -0.25) is 9.59 Å². The number of ketones is 1. The Kier molecular flexibility index (Phi) is 9.88. The van der Waals surface area contributed by atoms with Crippen LogP contribution in [0.1, 0.15) is 35.7 Å². The SMILES string of the molecule is COc1nc(-c2cccc(-c3cccc(NC(=O)c4ccnn(C)c4=O)c3Cl)c2Cl)ccc1CNCCCC(C)=O. The van der Waals surface area contributed by atoms with Crippen LogP contribution in [0.15, 0.2) is 65.6 Å². The number of benzene rings is 2. The average Bonchev–Trinajstić information content (AvgIpc) is 2.95. The van der Waals surface area contributed by atoms with E-state index in [0.29, 0.717) is 58.5 Å². The van der Waals surface area contributed by atoms with Crippen molar-refractivity contribution >= 4 is 40.6 Å². The van der Waals surface area contributed by atoms with Gasteiger partial charge in [0.15, 0.2) is 0 Å². The molecule has 1 amide bonds. The molecule has 0 unspecified atom stereocenters. The number of ether oxygens (including phenoxy) is 1. The molecular weight excluding hydrogens is 565 g/mol. The number of anilines is 1. The molecule has 41 heavy (non-hydrogen) atoms. The second-order valence-electron chi connectivity index (χ2n) is 9.31. The summed E-state index contributed by atoms with van der Waals surface area (Å²) in [5, 5.41) is 10.6. The molecule has 11 heteroatoms. The van der Waals surface area contributed by atoms with Crippen molar-refractivity contribution in [3.8, 4) is 28.3 Å². The number of pyridine rings is 1. The predicted octanol–water partition coefficient (Wildman–Crippen LogP) is 5.54. The topological polar surface area (TPSA) is 115 Å². The van der Waals surface area contributed by atoms with Gasteiger partial charge in [0, 0.05) is 48.5 Å². The van der Waals surface area contributed by atoms with Crippen LogP contribution in [0.3, 0.4) is 0 Å². The minimum Gasteiger partial charge on any atom is -0.481 e. The van der Waals surface area contributed by atoms with Crippen molar-refractivity contribution in [2.24, 2.45) is 7.05 Å². The highest BCUT2D eigenvalue weighted by molar-refractivity contribution is 6.39. The standard InChI is InChI=1S/C30H29Cl2N5O4/c1-18(38)7-6-15-33-17-19-12-13-24(36-29(19)41-3)22-10-4-8-20(26(22)31)21-9-5-11-25(27(21)32)35-28(39)23-14-16-34-37(2)30(23)40/h4-5,8-14,16,33H,6-7,15,17H2,1-3H3,(H,35,39). The summed E-state index contributed by atoms with van der Waals surface area (Å²) in [5.74, 6) is 0.0361. The molecule has 0 atom stereocenters. The molecule has 0 saturated heterocycles. The third-order valence-electron chi connectivity index (χ3n) is 6.39. The first-order valence-corrected chi connectivity index (χ1v) is 13.6. The molecule has 2 N–H and O–H groups in total. The molecule has 2 aromatic carbocycles. The number of methoxy groups -OCH3 is 1. The summed E-state index contributed by atoms with van der Waals surface area (Å²) >= 11 is 13.6. The predicted molar refractivity (Wildman–Crippen MR) is 161 cm³/mol. The Bertz CT molecular complexity index is 1650. The van der Waals surface area contributed by atoms with Gasteiger partial charge in [-0.1, -0.05) is 59.6 Å². The first-order valence-electron chi connectivity index (χ1n) is 12.9. The molecule has 0 fully saturated rings. The van der Waals surface area contributed by atoms with E-state index in [4.69, 9.17) is 27.9 Å². The molecule has 0 saturated carbocycles. The highest BCUT2D eigenvalue weighted by atomic mass is 35.5. The molecular formula is C30H29Cl2N5O4. The zero-order valence-corrected chi connectivity index (χ0v) is 24.3. The van der Waals surface area contributed by atoms with Gasteiger partial charge in [0.1, 0.15) is 11.3 Å². The minimum absolute atomic E-state index is 0.0567. The number of halogens is 2. The van der Waals surface area contributed by atoms with E-state index in [-0.39, 0.29) is 16.4 Å². The van der Waals surface area contributed by atoms with E-state index < -0.39 is 11.5 Å². The van der Waals surface area contributed by atoms with Gasteiger partial charge in [-0.15, -0.1) is 0 Å². The molecule has 4 rings (SSSR count). The molecule has 4 aromatic rings. The number of nitrogens with zero attached hydrogens (tertiary/aromatic N) is 3. The van der Waals surface area contributed by atoms with E-state index in [9.17, 15) is 14.4 Å². The zero-order chi connectivity index (χ0) is 29.5. The van der Waals surface area contributed by atoms with Gasteiger partial charge >= 0.3 is 0 Å². The lowest BCUT2D eigenvalue weighted by Gasteiger charge is -2.15. The van der Waals surface area contributed by atoms with Gasteiger partial charge in [0.2, 0.25) is 5.88 Å². The first-order chi connectivity index (χ1) is 19.7. The zero-order valence-electron chi connectivity index (χ0n) is 22.8. The Labute approximate surface area is 247 Å². The summed E-state index contributed by atoms with van der Waals surface area (Å²) < 4.78 is 6.63. The normalized spacial score (nSPS) is 10.9. The van der Waals surface area contributed by atoms with Crippen LogP contribution in [-0.4, -0.2) is 40.1 Å². The van der Waals surface area contributed by atoms with Crippen molar-refractivity contribution in [2.45, 2.75) is 26.3 Å². The van der Waals surface area contributed by atoms with Crippen molar-refractivity contribution in [1.29, 1.82) is 0 Å². The van der Waals surface area contributed by atoms with Crippen molar-refractivity contribution in [1.82, 2.24) is 20.1 Å². The highest BCUT2D eigenvalue weighted by Gasteiger charge is 2.19. The fourth-order valence-electron chi connectivity index (χ4n) is 4.26. The number of aromatic nitrogens is 3. The summed E-state index contributed by atoms with van der Waals surface area (Å²) in [6, 6.07) is 15.9. The van der Waals surface area contributed by atoms with Crippen LogP contribution in [-0.2, 0) is 18.4 Å². The van der Waals surface area contributed by atoms with Gasteiger partial charge in [-0.25, -0.2) is 9.67 Å². The number of carbonyl (C=O) groups excluding carboxylic acids is 2. The van der Waals surface area contributed by atoms with Crippen molar-refractivity contribution in [2.75, 3.05) is 19.0 Å². The summed E-state index contributed by atoms with van der Waals surface area (Å²) in [5.41, 5.74) is 3.15. The molecule has 9 nitrogen and oxygen atoms in total. The summed E-state index contributed by atoms with van der Waals surface area (Å²) in [4.78, 5) is 41.0. The molecule has 0 aliphatic carbocycles. The van der Waals surface area contributed by atoms with E-state index in [1.165, 1.54) is 19.3 Å². The van der Waals surface area contributed by atoms with Crippen LogP contribution in [0.2, 0.25) is 10.0 Å². The average molecular weight is 594 g/mol. The minimum atomic E-state index is -0.600. The smallest absolute Gasteiger partial charge is 0.279 e. The molecule has 0 bridgehead atoms. The molecule has 0 aliphatic heterocycles. The van der Waals surface area contributed by atoms with Gasteiger partial charge in [0.25, 0.3) is 11.5 Å². The van der Waals surface area contributed by atoms with E-state index in [0.717, 1.165) is 16.7 Å². The molecule has 0 aliphatic rings. The van der Waals surface area contributed by atoms with Crippen LogP contribution in [0.4, 0.5) is 5.69 Å². The number of carbonyl (C=O) groups is 2. The highest BCUT2D eigenvalue weighted by Crippen LogP contribution is 2.41. The summed E-state index contributed by atoms with van der Waals surface area (Å²) in [7, 11) is 3.03. The van der Waals surface area contributed by atoms with Crippen LogP contribution in [0.5, 0.6) is 5.88 Å². The van der Waals surface area contributed by atoms with Gasteiger partial charge in [-0.05, 0) is 38.1 Å². The maximum Gasteiger partial charge on any atom is 0.279 e. The van der Waals surface area contributed by atoms with Gasteiger partial charge in [0.05, 0.1) is 28.5 Å². The van der Waals surface area contributed by atoms with Crippen LogP contribution < -0.4 is 20.9 Å². The second-order valence-corrected chi connectivity index (χ2v) is 10.1. The van der Waals surface area contributed by atoms with Gasteiger partial charge in [-0.2, -0.15) is 5.10 Å². The molecule has 2 aromatic heterocycles. The van der Waals surface area contributed by atoms with Crippen molar-refractivity contribution in [3.05, 3.63) is 92.3 Å². The summed E-state index contributed by atoms with van der Waals surface area (Å²) in [6.07, 6.45) is 2.68. The molecule has 0 spiro atoms. The number of rotatable bonds is 11. The Morgan fingerprint density at radius 2 is 1.68 bits per heavy atom. The van der Waals surface area contributed by atoms with Crippen LogP contribution >= 0.6 is 23.2 Å². The quantitative estimate of drug-likeness (QED) is 0.219. The lowest BCUT2D eigenvalue weighted by atomic mass is 10.00. The number of nitrogens with one attached hydrogen (secondary N) is 2. The van der Waals surface area contributed by atoms with Crippen LogP contribution in [0.25, 0.3) is 22.4 Å². The molecule has 0 radical (unpaired) electrons. The summed E-state index contributed by atoms with van der Waals surface area (Å²) in [6.45, 7) is 2.84. The number of aryl methyl sites for hydroxylation is 1. The lowest BCUT2D eigenvalue weighted by Crippen LogP contribution is -2.28. The van der Waals surface area contributed by atoms with Crippen molar-refractivity contribution in [3.63, 3.8) is 0 Å². The first kappa shape index (κ1) is 29.9. The van der Waals surface area contributed by atoms with E-state index in [1.807, 2.05) is 30.3 Å². The maximum atomic E-state index is 12.8. The van der Waals surface area contributed by atoms with E-state index >= 15 is 0 Å². The Hall–Kier alpha value is -4.05. The van der Waals surface area contributed by atoms with E-state index in [2.05, 4.69) is 20.7 Å². The Morgan fingerprint density at radius 1 is 0.976 bits per heavy atom. The van der Waals surface area contributed by atoms with Crippen molar-refractivity contribution < 1.29 is 14.3 Å². The Balaban J connectivity index is 1.60. The molecule has 212 valence electrons. The van der Waals surface area contributed by atoms with Crippen LogP contribution in [0, 0.1) is 0 Å². The Morgan fingerprint density at radius 3 is 2.41 bits per heavy atom. The second kappa shape index (κ2) is 13.5. The largest absolute Gasteiger partial charge is 0.481 e. The molecule has 2 heterocycles. The van der Waals surface area contributed by atoms with Gasteiger partial charge < -0.3 is 20.2 Å². The number of hydrogen-bond acceptors (Lipinski definition) is 7. The monoisotopic (exact) mass is 593 g/mol. The fraction of sp³-hybridized carbons (Fsp3) is 0.233. The van der Waals surface area contributed by atoms with E-state index in [1.54, 1.807) is 32.2 Å². The number of Topliss-reactive ketones (excluding diaryl/α,β-unsaturated/α-hetero) is 1. The number of hydrogen-bond donors (Lipinski definition) is 2. The fourth-order valence-corrected chi connectivity index (χ4v) is 4.86. The number of amides is 1.